The molecule has 0 amide bonds. The zero-order valence-corrected chi connectivity index (χ0v) is 16.4. The average Bonchev–Trinajstić information content (AvgIpc) is 3.10. The highest BCUT2D eigenvalue weighted by Gasteiger charge is 2.66. The SMILES string of the molecule is Cc1ccc([C@@H]2O[C@]2(C)C2=[N+](C)C(C)(C)CO2)cc1.O=S(=O)([O-])C(F)(F)F. The van der Waals surface area contributed by atoms with Crippen LogP contribution in [0.4, 0.5) is 13.2 Å². The normalized spacial score (nSPS) is 26.9. The van der Waals surface area contributed by atoms with Gasteiger partial charge in [-0.1, -0.05) is 29.8 Å². The molecule has 0 N–H and O–H groups in total. The van der Waals surface area contributed by atoms with Gasteiger partial charge in [-0.25, -0.2) is 8.42 Å². The summed E-state index contributed by atoms with van der Waals surface area (Å²) in [5.74, 6) is 0.961. The second-order valence-electron chi connectivity index (χ2n) is 7.38. The van der Waals surface area contributed by atoms with Crippen LogP contribution in [0.3, 0.4) is 0 Å². The molecule has 1 saturated heterocycles. The van der Waals surface area contributed by atoms with Gasteiger partial charge in [-0.2, -0.15) is 17.7 Å². The van der Waals surface area contributed by atoms with Gasteiger partial charge in [-0.3, -0.25) is 0 Å². The Morgan fingerprint density at radius 2 is 1.67 bits per heavy atom. The van der Waals surface area contributed by atoms with E-state index in [2.05, 4.69) is 63.6 Å². The summed E-state index contributed by atoms with van der Waals surface area (Å²) < 4.78 is 73.0. The van der Waals surface area contributed by atoms with Gasteiger partial charge >= 0.3 is 11.4 Å². The van der Waals surface area contributed by atoms with Gasteiger partial charge in [0.1, 0.15) is 13.2 Å². The maximum Gasteiger partial charge on any atom is 0.485 e. The molecule has 0 spiro atoms. The van der Waals surface area contributed by atoms with Gasteiger partial charge in [0.05, 0.1) is 0 Å². The highest BCUT2D eigenvalue weighted by atomic mass is 32.2. The van der Waals surface area contributed by atoms with E-state index < -0.39 is 15.6 Å². The molecule has 0 bridgehead atoms. The summed E-state index contributed by atoms with van der Waals surface area (Å²) in [6.45, 7) is 9.31. The zero-order valence-electron chi connectivity index (χ0n) is 15.6. The molecule has 1 fully saturated rings. The lowest BCUT2D eigenvalue weighted by atomic mass is 9.99. The third-order valence-electron chi connectivity index (χ3n) is 4.67. The molecule has 6 nitrogen and oxygen atoms in total. The van der Waals surface area contributed by atoms with Crippen LogP contribution in [0.1, 0.15) is 38.0 Å². The predicted molar refractivity (Wildman–Crippen MR) is 90.4 cm³/mol. The van der Waals surface area contributed by atoms with Crippen molar-refractivity contribution in [2.45, 2.75) is 50.4 Å². The molecule has 0 saturated carbocycles. The van der Waals surface area contributed by atoms with E-state index in [0.717, 1.165) is 12.5 Å². The highest BCUT2D eigenvalue weighted by molar-refractivity contribution is 7.86. The van der Waals surface area contributed by atoms with Gasteiger partial charge in [0, 0.05) is 13.8 Å². The third-order valence-corrected chi connectivity index (χ3v) is 5.24. The van der Waals surface area contributed by atoms with Crippen LogP contribution in [-0.2, 0) is 19.6 Å². The molecule has 2 atom stereocenters. The summed E-state index contributed by atoms with van der Waals surface area (Å²) in [7, 11) is -4.01. The lowest BCUT2D eigenvalue weighted by Gasteiger charge is -2.10. The van der Waals surface area contributed by atoms with E-state index in [1.54, 1.807) is 0 Å². The first kappa shape index (κ1) is 21.6. The summed E-state index contributed by atoms with van der Waals surface area (Å²) in [6.07, 6.45) is 0.111. The Kier molecular flexibility index (Phi) is 5.41. The number of likely N-dealkylation sites (N-methyl/N-ethyl adjacent to an activating group) is 1. The molecular formula is C17H22F3NO5S. The van der Waals surface area contributed by atoms with Crippen molar-refractivity contribution in [2.24, 2.45) is 0 Å². The standard InChI is InChI=1S/C16H22NO2.CHF3O3S/c1-11-6-8-12(9-7-11)13-16(4,19-13)14-17(5)15(2,3)10-18-14;2-1(3,4)8(5,6)7/h6-9,13H,10H2,1-5H3;(H,5,6,7)/q+1;/p-1/t13-,16-;/m0./s1. The zero-order chi connectivity index (χ0) is 20.8. The summed E-state index contributed by atoms with van der Waals surface area (Å²) >= 11 is 0. The Bertz CT molecular complexity index is 846. The molecule has 152 valence electrons. The molecule has 0 aliphatic carbocycles. The molecule has 1 aromatic carbocycles. The predicted octanol–water partition coefficient (Wildman–Crippen LogP) is 2.73. The van der Waals surface area contributed by atoms with Crippen molar-refractivity contribution >= 4 is 16.0 Å². The van der Waals surface area contributed by atoms with Crippen LogP contribution in [-0.4, -0.2) is 53.7 Å². The second-order valence-corrected chi connectivity index (χ2v) is 8.75. The van der Waals surface area contributed by atoms with E-state index in [4.69, 9.17) is 22.4 Å². The minimum absolute atomic E-state index is 0.0438. The number of nitrogens with zero attached hydrogens (tertiary/aromatic N) is 1. The monoisotopic (exact) mass is 409 g/mol. The molecule has 0 aromatic heterocycles. The Morgan fingerprint density at radius 1 is 1.19 bits per heavy atom. The van der Waals surface area contributed by atoms with Crippen LogP contribution in [0.2, 0.25) is 0 Å². The van der Waals surface area contributed by atoms with Crippen LogP contribution in [0.15, 0.2) is 24.3 Å². The highest BCUT2D eigenvalue weighted by Crippen LogP contribution is 2.51. The Labute approximate surface area is 156 Å². The molecule has 10 heteroatoms. The fourth-order valence-electron chi connectivity index (χ4n) is 2.69. The number of aryl methyl sites for hydroxylation is 1. The number of hydrogen-bond donors (Lipinski definition) is 0. The Hall–Kier alpha value is -1.65. The lowest BCUT2D eigenvalue weighted by molar-refractivity contribution is -0.564. The van der Waals surface area contributed by atoms with Crippen LogP contribution in [0.25, 0.3) is 0 Å². The summed E-state index contributed by atoms with van der Waals surface area (Å²) in [6, 6.07) is 8.55. The van der Waals surface area contributed by atoms with E-state index in [9.17, 15) is 13.2 Å². The summed E-state index contributed by atoms with van der Waals surface area (Å²) in [5.41, 5.74) is -3.41. The number of alkyl halides is 3. The Morgan fingerprint density at radius 3 is 2.04 bits per heavy atom. The van der Waals surface area contributed by atoms with E-state index in [1.165, 1.54) is 11.1 Å². The van der Waals surface area contributed by atoms with Crippen LogP contribution in [0, 0.1) is 6.92 Å². The molecule has 2 aliphatic heterocycles. The van der Waals surface area contributed by atoms with Gasteiger partial charge in [0.2, 0.25) is 5.60 Å². The fourth-order valence-corrected chi connectivity index (χ4v) is 2.69. The van der Waals surface area contributed by atoms with Crippen molar-refractivity contribution in [2.75, 3.05) is 13.7 Å². The van der Waals surface area contributed by atoms with Gasteiger partial charge in [-0.05, 0) is 19.4 Å². The summed E-state index contributed by atoms with van der Waals surface area (Å²) in [5, 5.41) is 0. The van der Waals surface area contributed by atoms with E-state index in [1.807, 2.05) is 0 Å². The van der Waals surface area contributed by atoms with Crippen LogP contribution >= 0.6 is 0 Å². The van der Waals surface area contributed by atoms with Crippen molar-refractivity contribution in [1.29, 1.82) is 0 Å². The minimum atomic E-state index is -6.09. The lowest BCUT2D eigenvalue weighted by Crippen LogP contribution is -2.36. The molecule has 2 heterocycles. The molecule has 0 unspecified atom stereocenters. The number of rotatable bonds is 2. The maximum absolute atomic E-state index is 10.7. The van der Waals surface area contributed by atoms with E-state index in [-0.39, 0.29) is 17.2 Å². The molecule has 0 radical (unpaired) electrons. The van der Waals surface area contributed by atoms with Crippen LogP contribution in [0.5, 0.6) is 0 Å². The molecular weight excluding hydrogens is 387 g/mol. The largest absolute Gasteiger partial charge is 0.741 e. The van der Waals surface area contributed by atoms with Gasteiger partial charge in [-0.15, -0.1) is 0 Å². The van der Waals surface area contributed by atoms with Crippen molar-refractivity contribution < 1.29 is 40.2 Å². The molecule has 2 aliphatic rings. The minimum Gasteiger partial charge on any atom is -0.741 e. The third kappa shape index (κ3) is 4.44. The van der Waals surface area contributed by atoms with Crippen molar-refractivity contribution in [3.8, 4) is 0 Å². The van der Waals surface area contributed by atoms with Crippen molar-refractivity contribution in [1.82, 2.24) is 0 Å². The fraction of sp³-hybridized carbons (Fsp3) is 0.588. The number of hydrogen-bond acceptors (Lipinski definition) is 5. The molecule has 27 heavy (non-hydrogen) atoms. The topological polar surface area (TPSA) is 82.0 Å². The van der Waals surface area contributed by atoms with Gasteiger partial charge in [0.25, 0.3) is 0 Å². The number of epoxide rings is 1. The average molecular weight is 409 g/mol. The number of benzene rings is 1. The second kappa shape index (κ2) is 6.75. The number of ether oxygens (including phenoxy) is 2. The van der Waals surface area contributed by atoms with Gasteiger partial charge in [0.15, 0.2) is 22.3 Å². The van der Waals surface area contributed by atoms with Gasteiger partial charge < -0.3 is 14.0 Å². The number of halogens is 3. The van der Waals surface area contributed by atoms with E-state index in [0.29, 0.717) is 0 Å². The Balaban J connectivity index is 0.000000279. The molecule has 3 rings (SSSR count). The maximum atomic E-state index is 10.7. The first-order valence-electron chi connectivity index (χ1n) is 8.10. The van der Waals surface area contributed by atoms with Crippen molar-refractivity contribution in [3.63, 3.8) is 0 Å². The summed E-state index contributed by atoms with van der Waals surface area (Å²) in [4.78, 5) is 0. The first-order chi connectivity index (χ1) is 12.1. The van der Waals surface area contributed by atoms with Crippen molar-refractivity contribution in [3.05, 3.63) is 35.4 Å². The molecule has 1 aromatic rings. The quantitative estimate of drug-likeness (QED) is 0.325. The smallest absolute Gasteiger partial charge is 0.485 e. The van der Waals surface area contributed by atoms with E-state index >= 15 is 0 Å². The first-order valence-corrected chi connectivity index (χ1v) is 9.51. The van der Waals surface area contributed by atoms with Crippen LogP contribution < -0.4 is 0 Å².